The Hall–Kier alpha value is -14.2. The van der Waals surface area contributed by atoms with E-state index >= 15 is 0 Å². The molecule has 0 aliphatic heterocycles. The Labute approximate surface area is 692 Å². The number of benzene rings is 10. The highest BCUT2D eigenvalue weighted by Gasteiger charge is 2.46. The minimum atomic E-state index is -2.17. The molecule has 0 radical (unpaired) electrons. The van der Waals surface area contributed by atoms with Gasteiger partial charge in [0.2, 0.25) is 36.6 Å². The fraction of sp³-hybridized carbons (Fsp3) is 0.266. The molecule has 10 rings (SSSR count). The van der Waals surface area contributed by atoms with Gasteiger partial charge in [-0.2, -0.15) is 0 Å². The van der Waals surface area contributed by atoms with E-state index in [4.69, 9.17) is 47.4 Å². The van der Waals surface area contributed by atoms with Crippen molar-refractivity contribution >= 4 is 99.0 Å². The largest absolute Gasteiger partial charge is 0.458 e. The van der Waals surface area contributed by atoms with E-state index in [-0.39, 0.29) is 133 Å². The van der Waals surface area contributed by atoms with Crippen LogP contribution in [0.15, 0.2) is 267 Å². The number of hydrogen-bond donors (Lipinski definition) is 3. The van der Waals surface area contributed by atoms with Gasteiger partial charge < -0.3 is 63.3 Å². The lowest BCUT2D eigenvalue weighted by molar-refractivity contribution is -0.185. The summed E-state index contributed by atoms with van der Waals surface area (Å²) in [4.78, 5) is 182. The average Bonchev–Trinajstić information content (AvgIpc) is 0.769. The van der Waals surface area contributed by atoms with E-state index in [0.29, 0.717) is 40.7 Å². The van der Waals surface area contributed by atoms with Crippen LogP contribution in [-0.4, -0.2) is 134 Å². The molecule has 0 aliphatic rings. The Morgan fingerprint density at radius 3 is 0.817 bits per heavy atom. The van der Waals surface area contributed by atoms with Gasteiger partial charge in [-0.3, -0.25) is 28.8 Å². The van der Waals surface area contributed by atoms with Gasteiger partial charge in [0.05, 0.1) is 22.3 Å². The molecule has 0 heterocycles. The third-order valence-electron chi connectivity index (χ3n) is 18.7. The third kappa shape index (κ3) is 27.8. The Morgan fingerprint density at radius 1 is 0.250 bits per heavy atom. The molecule has 0 aliphatic carbocycles. The smallest absolute Gasteiger partial charge is 0.352 e. The molecule has 26 heteroatoms. The summed E-state index contributed by atoms with van der Waals surface area (Å²) in [5.74, 6) is -13.5. The summed E-state index contributed by atoms with van der Waals surface area (Å²) in [6.45, 7) is -1.39. The number of nitrogens with one attached hydrogen (secondary N) is 3. The topological polar surface area (TPSA) is 350 Å². The van der Waals surface area contributed by atoms with E-state index in [0.717, 1.165) is 21.5 Å². The number of rotatable bonds is 45. The minimum Gasteiger partial charge on any atom is -0.458 e. The SMILES string of the molecule is O=C(CCCCCNC(=O)c1c2ccccc2cc2ccccc12)O[C@H](C(=O)NCCCCCC(=O)O[C@@H](C(=O)OCc1ccccc1)[C@@H](OC(=O)c1ccccc1)C(=O)OCc1ccccc1)[C@H](OC(=O)c1ccccc1)C(=O)NCCCCCC(=O)O[C@@H](C(=O)OCc1ccccc1)[C@@H](OC(=O)c1ccccc1)C(=O)OCc1ccccc1. The molecule has 0 bridgehead atoms. The quantitative estimate of drug-likeness (QED) is 0.0138. The zero-order valence-electron chi connectivity index (χ0n) is 65.7. The molecular weight excluding hydrogens is 1540 g/mol. The van der Waals surface area contributed by atoms with E-state index in [1.165, 1.54) is 48.5 Å². The molecule has 0 aromatic heterocycles. The molecule has 6 atom stereocenters. The van der Waals surface area contributed by atoms with Crippen LogP contribution in [0.2, 0.25) is 0 Å². The van der Waals surface area contributed by atoms with Crippen LogP contribution in [0.5, 0.6) is 0 Å². The number of fused-ring (bicyclic) bond motifs is 2. The van der Waals surface area contributed by atoms with Gasteiger partial charge in [-0.15, -0.1) is 0 Å². The summed E-state index contributed by atoms with van der Waals surface area (Å²) >= 11 is 0. The number of esters is 10. The maximum atomic E-state index is 14.7. The molecule has 0 saturated heterocycles. The van der Waals surface area contributed by atoms with Gasteiger partial charge in [0, 0.05) is 38.9 Å². The molecule has 620 valence electrons. The van der Waals surface area contributed by atoms with Crippen molar-refractivity contribution in [2.75, 3.05) is 19.6 Å². The van der Waals surface area contributed by atoms with Crippen molar-refractivity contribution in [3.8, 4) is 0 Å². The number of ether oxygens (including phenoxy) is 10. The van der Waals surface area contributed by atoms with Crippen molar-refractivity contribution in [1.82, 2.24) is 16.0 Å². The lowest BCUT2D eigenvalue weighted by Crippen LogP contribution is -2.53. The highest BCUT2D eigenvalue weighted by Crippen LogP contribution is 2.29. The van der Waals surface area contributed by atoms with Crippen LogP contribution in [0, 0.1) is 0 Å². The van der Waals surface area contributed by atoms with E-state index < -0.39 is 108 Å². The van der Waals surface area contributed by atoms with E-state index in [9.17, 15) is 62.3 Å². The monoisotopic (exact) mass is 1630 g/mol. The van der Waals surface area contributed by atoms with Crippen LogP contribution in [0.25, 0.3) is 21.5 Å². The van der Waals surface area contributed by atoms with Gasteiger partial charge in [-0.1, -0.05) is 244 Å². The first-order valence-corrected chi connectivity index (χ1v) is 39.4. The molecule has 0 saturated carbocycles. The molecule has 10 aromatic rings. The molecule has 26 nitrogen and oxygen atoms in total. The van der Waals surface area contributed by atoms with E-state index in [2.05, 4.69) is 16.0 Å². The first kappa shape index (κ1) is 88.2. The Bertz CT molecular complexity index is 5030. The molecule has 0 fully saturated rings. The number of hydrogen-bond acceptors (Lipinski definition) is 23. The van der Waals surface area contributed by atoms with Gasteiger partial charge in [0.25, 0.3) is 17.7 Å². The van der Waals surface area contributed by atoms with Crippen LogP contribution in [-0.2, 0) is 117 Å². The van der Waals surface area contributed by atoms with E-state index in [1.807, 2.05) is 54.6 Å². The molecule has 0 unspecified atom stereocenters. The van der Waals surface area contributed by atoms with Crippen LogP contribution >= 0.6 is 0 Å². The molecule has 3 amide bonds. The summed E-state index contributed by atoms with van der Waals surface area (Å²) in [6.07, 6.45) is -12.3. The van der Waals surface area contributed by atoms with Crippen LogP contribution in [0.4, 0.5) is 0 Å². The lowest BCUT2D eigenvalue weighted by Gasteiger charge is -2.26. The second kappa shape index (κ2) is 47.1. The fourth-order valence-corrected chi connectivity index (χ4v) is 12.4. The number of carbonyl (C=O) groups excluding carboxylic acids is 13. The summed E-state index contributed by atoms with van der Waals surface area (Å²) in [5, 5.41) is 11.7. The maximum absolute atomic E-state index is 14.7. The minimum absolute atomic E-state index is 0.00178. The van der Waals surface area contributed by atoms with Gasteiger partial charge in [0.1, 0.15) is 26.4 Å². The fourth-order valence-electron chi connectivity index (χ4n) is 12.4. The Kier molecular flexibility index (Phi) is 34.7. The maximum Gasteiger partial charge on any atom is 0.352 e. The highest BCUT2D eigenvalue weighted by molar-refractivity contribution is 6.18. The van der Waals surface area contributed by atoms with Crippen molar-refractivity contribution in [3.05, 3.63) is 311 Å². The first-order valence-electron chi connectivity index (χ1n) is 39.4. The van der Waals surface area contributed by atoms with Gasteiger partial charge in [0.15, 0.2) is 0 Å². The Balaban J connectivity index is 0.801. The average molecular weight is 1630 g/mol. The molecule has 3 N–H and O–H groups in total. The normalized spacial score (nSPS) is 12.4. The zero-order chi connectivity index (χ0) is 84.6. The van der Waals surface area contributed by atoms with Crippen LogP contribution in [0.3, 0.4) is 0 Å². The standard InChI is InChI=1S/C94H91N3O23/c98-75(53-25-8-32-56-95-85(101)78-73-51-30-28-49-71(73)59-72-50-29-31-52-74(72)78)115-79(86(102)96-57-33-9-26-54-76(99)116-81(91(107)111-60-64-35-11-1-12-36-64)83(119-89(105)69-45-21-6-22-46-69)93(109)113-62-66-39-15-3-16-40-66)80(118-88(104)68-43-19-5-20-44-68)87(103)97-58-34-10-27-55-77(100)117-82(92(108)112-61-65-37-13-2-14-38-65)84(120-90(106)70-47-23-7-24-48-70)94(110)114-63-67-41-17-4-18-42-67/h1-7,11-24,28-31,35-52,59,79-84H,8-10,25-27,32-34,53-58,60-63H2,(H,95,101)(H,96,102)(H,97,103)/t79-,80-,81+,82+,83+,84+/m0/s1. The Morgan fingerprint density at radius 2 is 0.500 bits per heavy atom. The summed E-state index contributed by atoms with van der Waals surface area (Å²) in [5.41, 5.74) is 2.68. The predicted molar refractivity (Wildman–Crippen MR) is 437 cm³/mol. The van der Waals surface area contributed by atoms with Crippen LogP contribution < -0.4 is 16.0 Å². The third-order valence-corrected chi connectivity index (χ3v) is 18.7. The van der Waals surface area contributed by atoms with Crippen molar-refractivity contribution in [2.24, 2.45) is 0 Å². The zero-order valence-corrected chi connectivity index (χ0v) is 65.7. The molecular formula is C94H91N3O23. The number of carbonyl (C=O) groups is 13. The van der Waals surface area contributed by atoms with Gasteiger partial charge >= 0.3 is 59.7 Å². The summed E-state index contributed by atoms with van der Waals surface area (Å²) in [6, 6.07) is 73.8. The van der Waals surface area contributed by atoms with E-state index in [1.54, 1.807) is 164 Å². The summed E-state index contributed by atoms with van der Waals surface area (Å²) in [7, 11) is 0. The second-order valence-electron chi connectivity index (χ2n) is 27.6. The summed E-state index contributed by atoms with van der Waals surface area (Å²) < 4.78 is 56.5. The highest BCUT2D eigenvalue weighted by atomic mass is 16.7. The van der Waals surface area contributed by atoms with Gasteiger partial charge in [-0.05, 0) is 125 Å². The lowest BCUT2D eigenvalue weighted by atomic mass is 9.96. The number of unbranched alkanes of at least 4 members (excludes halogenated alkanes) is 6. The molecule has 0 spiro atoms. The molecule has 120 heavy (non-hydrogen) atoms. The van der Waals surface area contributed by atoms with Crippen molar-refractivity contribution in [3.63, 3.8) is 0 Å². The van der Waals surface area contributed by atoms with Crippen molar-refractivity contribution in [2.45, 2.75) is 140 Å². The number of amides is 3. The first-order chi connectivity index (χ1) is 58.5. The molecule has 10 aromatic carbocycles. The van der Waals surface area contributed by atoms with Crippen molar-refractivity contribution < 1.29 is 110 Å². The second-order valence-corrected chi connectivity index (χ2v) is 27.6. The predicted octanol–water partition coefficient (Wildman–Crippen LogP) is 13.0. The van der Waals surface area contributed by atoms with Crippen LogP contribution in [0.1, 0.15) is 141 Å². The van der Waals surface area contributed by atoms with Gasteiger partial charge in [-0.25, -0.2) is 33.6 Å². The van der Waals surface area contributed by atoms with Crippen molar-refractivity contribution in [1.29, 1.82) is 0 Å².